The van der Waals surface area contributed by atoms with E-state index in [1.54, 1.807) is 11.6 Å². The number of benzene rings is 2. The fourth-order valence-electron chi connectivity index (χ4n) is 3.40. The molecule has 3 heterocycles. The van der Waals surface area contributed by atoms with E-state index in [2.05, 4.69) is 20.7 Å². The fourth-order valence-corrected chi connectivity index (χ4v) is 3.40. The van der Waals surface area contributed by atoms with Crippen molar-refractivity contribution in [3.63, 3.8) is 0 Å². The minimum atomic E-state index is -0.328. The number of amides is 1. The minimum absolute atomic E-state index is 0.0291. The van der Waals surface area contributed by atoms with Crippen molar-refractivity contribution < 1.29 is 9.53 Å². The fraction of sp³-hybridized carbons (Fsp3) is 0.200. The molecule has 1 saturated heterocycles. The van der Waals surface area contributed by atoms with Crippen molar-refractivity contribution in [1.82, 2.24) is 24.9 Å². The molecule has 28 heavy (non-hydrogen) atoms. The van der Waals surface area contributed by atoms with E-state index in [0.29, 0.717) is 30.4 Å². The Morgan fingerprint density at radius 1 is 1.14 bits per heavy atom. The average Bonchev–Trinajstić information content (AvgIpc) is 3.35. The van der Waals surface area contributed by atoms with Crippen molar-refractivity contribution in [1.29, 1.82) is 0 Å². The Labute approximate surface area is 160 Å². The minimum Gasteiger partial charge on any atom is -0.497 e. The zero-order valence-corrected chi connectivity index (χ0v) is 15.2. The summed E-state index contributed by atoms with van der Waals surface area (Å²) in [7, 11) is 1.63. The number of hydrogen-bond acceptors (Lipinski definition) is 6. The highest BCUT2D eigenvalue weighted by atomic mass is 16.5. The second kappa shape index (κ2) is 6.49. The number of aromatic nitrogens is 4. The number of methoxy groups -OCH3 is 1. The first kappa shape index (κ1) is 16.5. The molecule has 0 bridgehead atoms. The van der Waals surface area contributed by atoms with Gasteiger partial charge in [0.15, 0.2) is 11.5 Å². The SMILES string of the molecule is COc1ccc(-c2nc3c4ccccc4nc(N[C@H]4CCNC4=O)n3n2)cc1. The van der Waals surface area contributed by atoms with Gasteiger partial charge >= 0.3 is 0 Å². The van der Waals surface area contributed by atoms with Gasteiger partial charge in [0.05, 0.1) is 12.6 Å². The summed E-state index contributed by atoms with van der Waals surface area (Å²) >= 11 is 0. The Bertz CT molecular complexity index is 1180. The van der Waals surface area contributed by atoms with Crippen molar-refractivity contribution in [3.8, 4) is 17.1 Å². The largest absolute Gasteiger partial charge is 0.497 e. The molecule has 1 aliphatic heterocycles. The lowest BCUT2D eigenvalue weighted by Gasteiger charge is -2.12. The Balaban J connectivity index is 1.67. The first-order chi connectivity index (χ1) is 13.7. The lowest BCUT2D eigenvalue weighted by Crippen LogP contribution is -2.30. The molecule has 4 aromatic rings. The molecule has 0 saturated carbocycles. The van der Waals surface area contributed by atoms with Gasteiger partial charge in [-0.05, 0) is 42.8 Å². The van der Waals surface area contributed by atoms with Crippen molar-refractivity contribution >= 4 is 28.4 Å². The molecule has 0 unspecified atom stereocenters. The number of ether oxygens (including phenoxy) is 1. The van der Waals surface area contributed by atoms with Gasteiger partial charge in [0, 0.05) is 17.5 Å². The topological polar surface area (TPSA) is 93.4 Å². The number of fused-ring (bicyclic) bond motifs is 3. The van der Waals surface area contributed by atoms with E-state index < -0.39 is 0 Å². The van der Waals surface area contributed by atoms with E-state index in [0.717, 1.165) is 22.2 Å². The van der Waals surface area contributed by atoms with Crippen LogP contribution in [0.2, 0.25) is 0 Å². The van der Waals surface area contributed by atoms with Gasteiger partial charge in [0.2, 0.25) is 11.9 Å². The van der Waals surface area contributed by atoms with Gasteiger partial charge in [-0.25, -0.2) is 9.97 Å². The molecule has 2 aromatic carbocycles. The summed E-state index contributed by atoms with van der Waals surface area (Å²) in [6, 6.07) is 15.0. The van der Waals surface area contributed by atoms with E-state index >= 15 is 0 Å². The van der Waals surface area contributed by atoms with Crippen LogP contribution in [0.3, 0.4) is 0 Å². The van der Waals surface area contributed by atoms with E-state index in [1.807, 2.05) is 48.5 Å². The first-order valence-corrected chi connectivity index (χ1v) is 9.07. The smallest absolute Gasteiger partial charge is 0.242 e. The Kier molecular flexibility index (Phi) is 3.82. The summed E-state index contributed by atoms with van der Waals surface area (Å²) < 4.78 is 6.90. The van der Waals surface area contributed by atoms with Crippen LogP contribution in [0.5, 0.6) is 5.75 Å². The highest BCUT2D eigenvalue weighted by Gasteiger charge is 2.26. The van der Waals surface area contributed by atoms with Crippen molar-refractivity contribution in [2.24, 2.45) is 0 Å². The number of carbonyl (C=O) groups excluding carboxylic acids is 1. The molecular formula is C20H18N6O2. The maximum absolute atomic E-state index is 12.0. The number of hydrogen-bond donors (Lipinski definition) is 2. The van der Waals surface area contributed by atoms with Gasteiger partial charge in [-0.3, -0.25) is 4.79 Å². The molecule has 8 nitrogen and oxygen atoms in total. The molecule has 1 amide bonds. The molecule has 0 spiro atoms. The number of anilines is 1. The average molecular weight is 374 g/mol. The van der Waals surface area contributed by atoms with Gasteiger partial charge in [-0.1, -0.05) is 12.1 Å². The van der Waals surface area contributed by atoms with Crippen molar-refractivity contribution in [2.75, 3.05) is 19.0 Å². The first-order valence-electron chi connectivity index (χ1n) is 9.07. The highest BCUT2D eigenvalue weighted by molar-refractivity contribution is 5.93. The van der Waals surface area contributed by atoms with Crippen LogP contribution in [-0.2, 0) is 4.79 Å². The summed E-state index contributed by atoms with van der Waals surface area (Å²) in [5.41, 5.74) is 2.36. The molecule has 8 heteroatoms. The summed E-state index contributed by atoms with van der Waals surface area (Å²) in [4.78, 5) is 21.4. The van der Waals surface area contributed by atoms with Crippen LogP contribution >= 0.6 is 0 Å². The Morgan fingerprint density at radius 2 is 1.96 bits per heavy atom. The number of nitrogens with zero attached hydrogens (tertiary/aromatic N) is 4. The van der Waals surface area contributed by atoms with E-state index in [-0.39, 0.29) is 11.9 Å². The summed E-state index contributed by atoms with van der Waals surface area (Å²) in [5.74, 6) is 1.83. The second-order valence-corrected chi connectivity index (χ2v) is 6.63. The van der Waals surface area contributed by atoms with Gasteiger partial charge in [0.25, 0.3) is 0 Å². The number of carbonyl (C=O) groups is 1. The lowest BCUT2D eigenvalue weighted by molar-refractivity contribution is -0.119. The maximum atomic E-state index is 12.0. The van der Waals surface area contributed by atoms with Gasteiger partial charge in [-0.15, -0.1) is 5.10 Å². The summed E-state index contributed by atoms with van der Waals surface area (Å²) in [5, 5.41) is 11.6. The number of nitrogens with one attached hydrogen (secondary N) is 2. The third kappa shape index (κ3) is 2.70. The standard InChI is InChI=1S/C20H18N6O2/c1-28-13-8-6-12(7-9-13)17-24-18-14-4-2-3-5-15(14)22-20(26(18)25-17)23-16-10-11-21-19(16)27/h2-9,16H,10-11H2,1H3,(H,21,27)(H,22,23)/t16-/m0/s1. The summed E-state index contributed by atoms with van der Waals surface area (Å²) in [6.45, 7) is 0.654. The number of para-hydroxylation sites is 1. The Hall–Kier alpha value is -3.68. The van der Waals surface area contributed by atoms with Crippen LogP contribution in [0.1, 0.15) is 6.42 Å². The molecule has 5 rings (SSSR count). The molecule has 1 fully saturated rings. The second-order valence-electron chi connectivity index (χ2n) is 6.63. The predicted octanol–water partition coefficient (Wildman–Crippen LogP) is 2.25. The third-order valence-electron chi connectivity index (χ3n) is 4.88. The van der Waals surface area contributed by atoms with Crippen LogP contribution in [0, 0.1) is 0 Å². The normalized spacial score (nSPS) is 16.5. The molecule has 1 atom stereocenters. The summed E-state index contributed by atoms with van der Waals surface area (Å²) in [6.07, 6.45) is 0.703. The van der Waals surface area contributed by atoms with Crippen LogP contribution in [0.4, 0.5) is 5.95 Å². The van der Waals surface area contributed by atoms with Crippen LogP contribution in [0.25, 0.3) is 27.9 Å². The third-order valence-corrected chi connectivity index (χ3v) is 4.88. The van der Waals surface area contributed by atoms with Crippen molar-refractivity contribution in [2.45, 2.75) is 12.5 Å². The quantitative estimate of drug-likeness (QED) is 0.569. The van der Waals surface area contributed by atoms with Crippen LogP contribution in [0.15, 0.2) is 48.5 Å². The molecule has 1 aliphatic rings. The predicted molar refractivity (Wildman–Crippen MR) is 105 cm³/mol. The van der Waals surface area contributed by atoms with Crippen molar-refractivity contribution in [3.05, 3.63) is 48.5 Å². The molecular weight excluding hydrogens is 356 g/mol. The van der Waals surface area contributed by atoms with Gasteiger partial charge < -0.3 is 15.4 Å². The number of rotatable bonds is 4. The maximum Gasteiger partial charge on any atom is 0.242 e. The monoisotopic (exact) mass is 374 g/mol. The molecule has 2 N–H and O–H groups in total. The zero-order valence-electron chi connectivity index (χ0n) is 15.2. The molecule has 140 valence electrons. The van der Waals surface area contributed by atoms with Gasteiger partial charge in [0.1, 0.15) is 11.8 Å². The van der Waals surface area contributed by atoms with Gasteiger partial charge in [-0.2, -0.15) is 4.52 Å². The molecule has 0 aliphatic carbocycles. The van der Waals surface area contributed by atoms with E-state index in [4.69, 9.17) is 9.72 Å². The lowest BCUT2D eigenvalue weighted by atomic mass is 10.2. The highest BCUT2D eigenvalue weighted by Crippen LogP contribution is 2.26. The molecule has 2 aromatic heterocycles. The van der Waals surface area contributed by atoms with E-state index in [9.17, 15) is 4.79 Å². The van der Waals surface area contributed by atoms with E-state index in [1.165, 1.54) is 0 Å². The Morgan fingerprint density at radius 3 is 2.71 bits per heavy atom. The molecule has 0 radical (unpaired) electrons. The van der Waals surface area contributed by atoms with Crippen LogP contribution in [-0.4, -0.2) is 45.2 Å². The van der Waals surface area contributed by atoms with Crippen LogP contribution < -0.4 is 15.4 Å². The zero-order chi connectivity index (χ0) is 19.1.